The molecule has 2 heterocycles. The minimum atomic E-state index is 0.324. The molecule has 3 nitrogen and oxygen atoms in total. The zero-order valence-corrected chi connectivity index (χ0v) is 14.4. The van der Waals surface area contributed by atoms with Crippen LogP contribution >= 0.6 is 27.7 Å². The first-order valence-electron chi connectivity index (χ1n) is 7.31. The van der Waals surface area contributed by atoms with Gasteiger partial charge in [-0.1, -0.05) is 28.1 Å². The average Bonchev–Trinajstić information content (AvgIpc) is 3.03. The standard InChI is InChI=1S/C17H16BrNO2S/c18-13-3-1-12(2-4-13)15-10-22-8-7-19(15)14-5-6-16-17(9-14)21-11-20-16/h1-6,9,15H,7-8,10-11H2. The Morgan fingerprint density at radius 1 is 1.05 bits per heavy atom. The van der Waals surface area contributed by atoms with Gasteiger partial charge in [-0.15, -0.1) is 0 Å². The zero-order valence-electron chi connectivity index (χ0n) is 12.0. The second-order valence-electron chi connectivity index (χ2n) is 5.37. The molecule has 1 fully saturated rings. The van der Waals surface area contributed by atoms with E-state index in [9.17, 15) is 0 Å². The molecular weight excluding hydrogens is 362 g/mol. The normalized spacial score (nSPS) is 20.2. The van der Waals surface area contributed by atoms with Crippen LogP contribution in [0.2, 0.25) is 0 Å². The molecule has 5 heteroatoms. The molecule has 0 radical (unpaired) electrons. The fourth-order valence-corrected chi connectivity index (χ4v) is 4.29. The predicted octanol–water partition coefficient (Wildman–Crippen LogP) is 4.47. The Balaban J connectivity index is 1.67. The molecular formula is C17H16BrNO2S. The molecule has 2 aliphatic heterocycles. The van der Waals surface area contributed by atoms with Crippen molar-refractivity contribution < 1.29 is 9.47 Å². The summed E-state index contributed by atoms with van der Waals surface area (Å²) in [4.78, 5) is 2.47. The van der Waals surface area contributed by atoms with Crippen LogP contribution in [0.5, 0.6) is 11.5 Å². The molecule has 2 aromatic rings. The van der Waals surface area contributed by atoms with E-state index < -0.39 is 0 Å². The van der Waals surface area contributed by atoms with Gasteiger partial charge < -0.3 is 14.4 Å². The van der Waals surface area contributed by atoms with Crippen molar-refractivity contribution in [3.05, 3.63) is 52.5 Å². The first-order chi connectivity index (χ1) is 10.8. The minimum Gasteiger partial charge on any atom is -0.454 e. The second-order valence-corrected chi connectivity index (χ2v) is 7.44. The van der Waals surface area contributed by atoms with Crippen LogP contribution in [0.3, 0.4) is 0 Å². The van der Waals surface area contributed by atoms with E-state index in [1.165, 1.54) is 11.3 Å². The summed E-state index contributed by atoms with van der Waals surface area (Å²) in [6.45, 7) is 1.37. The summed E-state index contributed by atoms with van der Waals surface area (Å²) in [7, 11) is 0. The molecule has 0 N–H and O–H groups in total. The monoisotopic (exact) mass is 377 g/mol. The van der Waals surface area contributed by atoms with Crippen molar-refractivity contribution in [1.82, 2.24) is 0 Å². The van der Waals surface area contributed by atoms with Gasteiger partial charge in [0.1, 0.15) is 0 Å². The quantitative estimate of drug-likeness (QED) is 0.769. The number of nitrogens with zero attached hydrogens (tertiary/aromatic N) is 1. The summed E-state index contributed by atoms with van der Waals surface area (Å²) in [6.07, 6.45) is 0. The molecule has 2 aromatic carbocycles. The number of hydrogen-bond acceptors (Lipinski definition) is 4. The minimum absolute atomic E-state index is 0.324. The fourth-order valence-electron chi connectivity index (χ4n) is 2.94. The summed E-state index contributed by atoms with van der Waals surface area (Å²) < 4.78 is 12.1. The molecule has 0 saturated carbocycles. The van der Waals surface area contributed by atoms with Gasteiger partial charge in [0, 0.05) is 34.3 Å². The van der Waals surface area contributed by atoms with Gasteiger partial charge in [0.25, 0.3) is 0 Å². The summed E-state index contributed by atoms with van der Waals surface area (Å²) in [5.74, 6) is 3.96. The molecule has 1 saturated heterocycles. The van der Waals surface area contributed by atoms with E-state index >= 15 is 0 Å². The van der Waals surface area contributed by atoms with Gasteiger partial charge >= 0.3 is 0 Å². The largest absolute Gasteiger partial charge is 0.454 e. The highest BCUT2D eigenvalue weighted by atomic mass is 79.9. The lowest BCUT2D eigenvalue weighted by atomic mass is 10.1. The van der Waals surface area contributed by atoms with Crippen molar-refractivity contribution in [2.24, 2.45) is 0 Å². The zero-order chi connectivity index (χ0) is 14.9. The third kappa shape index (κ3) is 2.68. The molecule has 4 rings (SSSR count). The lowest BCUT2D eigenvalue weighted by Crippen LogP contribution is -2.36. The van der Waals surface area contributed by atoms with Crippen molar-refractivity contribution in [1.29, 1.82) is 0 Å². The Kier molecular flexibility index (Phi) is 3.92. The van der Waals surface area contributed by atoms with E-state index in [2.05, 4.69) is 57.2 Å². The molecule has 0 spiro atoms. The lowest BCUT2D eigenvalue weighted by molar-refractivity contribution is 0.174. The number of ether oxygens (including phenoxy) is 2. The third-order valence-corrected chi connectivity index (χ3v) is 5.62. The van der Waals surface area contributed by atoms with E-state index in [0.29, 0.717) is 12.8 Å². The van der Waals surface area contributed by atoms with Crippen LogP contribution in [0.1, 0.15) is 11.6 Å². The number of thioether (sulfide) groups is 1. The number of benzene rings is 2. The van der Waals surface area contributed by atoms with Gasteiger partial charge in [-0.3, -0.25) is 0 Å². The number of rotatable bonds is 2. The number of fused-ring (bicyclic) bond motifs is 1. The number of hydrogen-bond donors (Lipinski definition) is 0. The van der Waals surface area contributed by atoms with E-state index in [-0.39, 0.29) is 0 Å². The Labute approximate surface area is 142 Å². The van der Waals surface area contributed by atoms with Gasteiger partial charge in [-0.25, -0.2) is 0 Å². The Morgan fingerprint density at radius 3 is 2.73 bits per heavy atom. The Bertz CT molecular complexity index is 677. The van der Waals surface area contributed by atoms with E-state index in [0.717, 1.165) is 34.0 Å². The summed E-state index contributed by atoms with van der Waals surface area (Å²) in [5.41, 5.74) is 2.56. The molecule has 0 amide bonds. The maximum Gasteiger partial charge on any atom is 0.231 e. The smallest absolute Gasteiger partial charge is 0.231 e. The highest BCUT2D eigenvalue weighted by Gasteiger charge is 2.26. The molecule has 1 unspecified atom stereocenters. The van der Waals surface area contributed by atoms with Gasteiger partial charge in [-0.05, 0) is 29.8 Å². The van der Waals surface area contributed by atoms with Gasteiger partial charge in [0.05, 0.1) is 6.04 Å². The highest BCUT2D eigenvalue weighted by molar-refractivity contribution is 9.10. The van der Waals surface area contributed by atoms with Crippen LogP contribution in [-0.2, 0) is 0 Å². The highest BCUT2D eigenvalue weighted by Crippen LogP contribution is 2.40. The maximum atomic E-state index is 5.53. The maximum absolute atomic E-state index is 5.53. The van der Waals surface area contributed by atoms with E-state index in [1.54, 1.807) is 0 Å². The van der Waals surface area contributed by atoms with Crippen LogP contribution in [0.25, 0.3) is 0 Å². The van der Waals surface area contributed by atoms with Crippen LogP contribution in [0.15, 0.2) is 46.9 Å². The Hall–Kier alpha value is -1.33. The summed E-state index contributed by atoms with van der Waals surface area (Å²) in [6, 6.07) is 15.3. The van der Waals surface area contributed by atoms with Crippen LogP contribution in [-0.4, -0.2) is 24.8 Å². The van der Waals surface area contributed by atoms with Crippen LogP contribution < -0.4 is 14.4 Å². The molecule has 1 atom stereocenters. The van der Waals surface area contributed by atoms with E-state index in [4.69, 9.17) is 9.47 Å². The predicted molar refractivity (Wildman–Crippen MR) is 94.1 cm³/mol. The molecule has 0 aromatic heterocycles. The number of halogens is 1. The Morgan fingerprint density at radius 2 is 1.86 bits per heavy atom. The lowest BCUT2D eigenvalue weighted by Gasteiger charge is -2.37. The first-order valence-corrected chi connectivity index (χ1v) is 9.25. The number of anilines is 1. The van der Waals surface area contributed by atoms with Gasteiger partial charge in [0.2, 0.25) is 6.79 Å². The van der Waals surface area contributed by atoms with Gasteiger partial charge in [-0.2, -0.15) is 11.8 Å². The average molecular weight is 378 g/mol. The summed E-state index contributed by atoms with van der Waals surface area (Å²) in [5, 5.41) is 0. The van der Waals surface area contributed by atoms with Crippen molar-refractivity contribution in [2.75, 3.05) is 29.7 Å². The second kappa shape index (κ2) is 6.05. The summed E-state index contributed by atoms with van der Waals surface area (Å²) >= 11 is 5.53. The van der Waals surface area contributed by atoms with Gasteiger partial charge in [0.15, 0.2) is 11.5 Å². The molecule has 2 aliphatic rings. The third-order valence-electron chi connectivity index (χ3n) is 4.07. The van der Waals surface area contributed by atoms with E-state index in [1.807, 2.05) is 17.8 Å². The van der Waals surface area contributed by atoms with Crippen molar-refractivity contribution in [2.45, 2.75) is 6.04 Å². The first kappa shape index (κ1) is 14.3. The van der Waals surface area contributed by atoms with Crippen molar-refractivity contribution in [3.8, 4) is 11.5 Å². The molecule has 0 bridgehead atoms. The molecule has 0 aliphatic carbocycles. The van der Waals surface area contributed by atoms with Crippen molar-refractivity contribution >= 4 is 33.4 Å². The SMILES string of the molecule is Brc1ccc(C2CSCCN2c2ccc3c(c2)OCO3)cc1. The van der Waals surface area contributed by atoms with Crippen LogP contribution in [0.4, 0.5) is 5.69 Å². The molecule has 22 heavy (non-hydrogen) atoms. The molecule has 114 valence electrons. The topological polar surface area (TPSA) is 21.7 Å². The van der Waals surface area contributed by atoms with Crippen molar-refractivity contribution in [3.63, 3.8) is 0 Å². The fraction of sp³-hybridized carbons (Fsp3) is 0.294. The van der Waals surface area contributed by atoms with Crippen LogP contribution in [0, 0.1) is 0 Å².